The van der Waals surface area contributed by atoms with E-state index in [-0.39, 0.29) is 5.56 Å². The first kappa shape index (κ1) is 13.1. The minimum Gasteiger partial charge on any atom is -0.478 e. The van der Waals surface area contributed by atoms with E-state index in [0.29, 0.717) is 17.3 Å². The van der Waals surface area contributed by atoms with Crippen LogP contribution in [0, 0.1) is 6.92 Å². The van der Waals surface area contributed by atoms with E-state index in [4.69, 9.17) is 9.52 Å². The number of nitrogens with zero attached hydrogens (tertiary/aromatic N) is 2. The van der Waals surface area contributed by atoms with Gasteiger partial charge in [-0.05, 0) is 37.3 Å². The van der Waals surface area contributed by atoms with Crippen LogP contribution in [-0.2, 0) is 0 Å². The van der Waals surface area contributed by atoms with Gasteiger partial charge in [0.15, 0.2) is 0 Å². The highest BCUT2D eigenvalue weighted by Gasteiger charge is 2.12. The molecule has 0 bridgehead atoms. The topological polar surface area (TPSA) is 76.2 Å². The summed E-state index contributed by atoms with van der Waals surface area (Å²) in [5.41, 5.74) is 2.70. The summed E-state index contributed by atoms with van der Waals surface area (Å²) in [5.74, 6) is -0.278. The molecular formula is C16H12N2O3. The zero-order valence-electron chi connectivity index (χ0n) is 11.3. The summed E-state index contributed by atoms with van der Waals surface area (Å²) in [6.45, 7) is 1.98. The van der Waals surface area contributed by atoms with Crippen LogP contribution in [0.3, 0.4) is 0 Å². The van der Waals surface area contributed by atoms with Crippen LogP contribution in [-0.4, -0.2) is 21.3 Å². The molecule has 5 nitrogen and oxygen atoms in total. The standard InChI is InChI=1S/C16H12N2O3/c1-10-4-2-5-11(8-10)14-17-18-15(21-14)12-6-3-7-13(9-12)16(19)20/h2-9H,1H3,(H,19,20). The van der Waals surface area contributed by atoms with Gasteiger partial charge in [-0.1, -0.05) is 23.8 Å². The third-order valence-electron chi connectivity index (χ3n) is 3.05. The molecule has 1 heterocycles. The Morgan fingerprint density at radius 1 is 1.00 bits per heavy atom. The highest BCUT2D eigenvalue weighted by Crippen LogP contribution is 2.24. The Hall–Kier alpha value is -2.95. The summed E-state index contributed by atoms with van der Waals surface area (Å²) >= 11 is 0. The fourth-order valence-electron chi connectivity index (χ4n) is 2.02. The van der Waals surface area contributed by atoms with Crippen molar-refractivity contribution in [2.24, 2.45) is 0 Å². The van der Waals surface area contributed by atoms with Gasteiger partial charge >= 0.3 is 5.97 Å². The maximum atomic E-state index is 11.0. The third kappa shape index (κ3) is 2.67. The second-order valence-electron chi connectivity index (χ2n) is 4.67. The molecule has 104 valence electrons. The number of carboxylic acids is 1. The maximum absolute atomic E-state index is 11.0. The number of aromatic nitrogens is 2. The fourth-order valence-corrected chi connectivity index (χ4v) is 2.02. The average Bonchev–Trinajstić information content (AvgIpc) is 2.97. The van der Waals surface area contributed by atoms with Crippen LogP contribution in [0.5, 0.6) is 0 Å². The molecule has 0 aliphatic rings. The van der Waals surface area contributed by atoms with E-state index in [1.165, 1.54) is 12.1 Å². The lowest BCUT2D eigenvalue weighted by Gasteiger charge is -1.98. The molecule has 3 rings (SSSR count). The highest BCUT2D eigenvalue weighted by atomic mass is 16.4. The Labute approximate surface area is 120 Å². The highest BCUT2D eigenvalue weighted by molar-refractivity contribution is 5.88. The van der Waals surface area contributed by atoms with E-state index >= 15 is 0 Å². The van der Waals surface area contributed by atoms with Gasteiger partial charge in [-0.25, -0.2) is 4.79 Å². The summed E-state index contributed by atoms with van der Waals surface area (Å²) in [6, 6.07) is 14.1. The van der Waals surface area contributed by atoms with Gasteiger partial charge in [0.2, 0.25) is 11.8 Å². The molecule has 0 spiro atoms. The molecule has 1 aromatic heterocycles. The summed E-state index contributed by atoms with van der Waals surface area (Å²) in [5, 5.41) is 17.0. The molecule has 0 saturated heterocycles. The lowest BCUT2D eigenvalue weighted by atomic mass is 10.1. The summed E-state index contributed by atoms with van der Waals surface area (Å²) in [6.07, 6.45) is 0. The average molecular weight is 280 g/mol. The van der Waals surface area contributed by atoms with Crippen molar-refractivity contribution < 1.29 is 14.3 Å². The van der Waals surface area contributed by atoms with E-state index in [0.717, 1.165) is 11.1 Å². The van der Waals surface area contributed by atoms with Crippen LogP contribution in [0.1, 0.15) is 15.9 Å². The number of rotatable bonds is 3. The molecule has 0 amide bonds. The van der Waals surface area contributed by atoms with Crippen LogP contribution >= 0.6 is 0 Å². The van der Waals surface area contributed by atoms with E-state index in [1.54, 1.807) is 12.1 Å². The molecule has 1 N–H and O–H groups in total. The quantitative estimate of drug-likeness (QED) is 0.795. The first-order valence-electron chi connectivity index (χ1n) is 6.38. The number of carbonyl (C=O) groups is 1. The largest absolute Gasteiger partial charge is 0.478 e. The molecule has 0 unspecified atom stereocenters. The van der Waals surface area contributed by atoms with Crippen molar-refractivity contribution in [3.63, 3.8) is 0 Å². The van der Waals surface area contributed by atoms with E-state index < -0.39 is 5.97 Å². The van der Waals surface area contributed by atoms with Crippen molar-refractivity contribution in [3.8, 4) is 22.9 Å². The smallest absolute Gasteiger partial charge is 0.335 e. The molecule has 21 heavy (non-hydrogen) atoms. The van der Waals surface area contributed by atoms with Crippen molar-refractivity contribution in [2.75, 3.05) is 0 Å². The molecule has 2 aromatic carbocycles. The van der Waals surface area contributed by atoms with Gasteiger partial charge in [0.1, 0.15) is 0 Å². The lowest BCUT2D eigenvalue weighted by Crippen LogP contribution is -1.95. The van der Waals surface area contributed by atoms with E-state index in [9.17, 15) is 4.79 Å². The number of benzene rings is 2. The second kappa shape index (κ2) is 5.20. The molecule has 0 fully saturated rings. The van der Waals surface area contributed by atoms with Crippen molar-refractivity contribution in [2.45, 2.75) is 6.92 Å². The van der Waals surface area contributed by atoms with Crippen molar-refractivity contribution in [1.29, 1.82) is 0 Å². The number of hydrogen-bond acceptors (Lipinski definition) is 4. The van der Waals surface area contributed by atoms with E-state index in [2.05, 4.69) is 10.2 Å². The summed E-state index contributed by atoms with van der Waals surface area (Å²) in [7, 11) is 0. The molecule has 0 atom stereocenters. The van der Waals surface area contributed by atoms with E-state index in [1.807, 2.05) is 31.2 Å². The Balaban J connectivity index is 1.98. The third-order valence-corrected chi connectivity index (χ3v) is 3.05. The Bertz CT molecular complexity index is 809. The minimum absolute atomic E-state index is 0.183. The summed E-state index contributed by atoms with van der Waals surface area (Å²) < 4.78 is 5.63. The maximum Gasteiger partial charge on any atom is 0.335 e. The molecular weight excluding hydrogens is 268 g/mol. The van der Waals surface area contributed by atoms with Crippen LogP contribution < -0.4 is 0 Å². The minimum atomic E-state index is -0.990. The number of aromatic carboxylic acids is 1. The van der Waals surface area contributed by atoms with Gasteiger partial charge in [0, 0.05) is 11.1 Å². The Morgan fingerprint density at radius 2 is 1.62 bits per heavy atom. The number of hydrogen-bond donors (Lipinski definition) is 1. The van der Waals surface area contributed by atoms with Crippen molar-refractivity contribution in [1.82, 2.24) is 10.2 Å². The molecule has 3 aromatic rings. The molecule has 5 heteroatoms. The molecule has 0 aliphatic carbocycles. The predicted molar refractivity (Wildman–Crippen MR) is 76.9 cm³/mol. The van der Waals surface area contributed by atoms with Crippen LogP contribution in [0.4, 0.5) is 0 Å². The van der Waals surface area contributed by atoms with Gasteiger partial charge in [0.25, 0.3) is 0 Å². The Kier molecular flexibility index (Phi) is 3.23. The van der Waals surface area contributed by atoms with Gasteiger partial charge in [-0.15, -0.1) is 10.2 Å². The first-order chi connectivity index (χ1) is 10.1. The first-order valence-corrected chi connectivity index (χ1v) is 6.38. The summed E-state index contributed by atoms with van der Waals surface area (Å²) in [4.78, 5) is 11.0. The zero-order chi connectivity index (χ0) is 14.8. The zero-order valence-corrected chi connectivity index (χ0v) is 11.3. The lowest BCUT2D eigenvalue weighted by molar-refractivity contribution is 0.0697. The second-order valence-corrected chi connectivity index (χ2v) is 4.67. The number of carboxylic acid groups (broad SMARTS) is 1. The monoisotopic (exact) mass is 280 g/mol. The van der Waals surface area contributed by atoms with Crippen molar-refractivity contribution >= 4 is 5.97 Å². The molecule has 0 saturated carbocycles. The number of aryl methyl sites for hydroxylation is 1. The van der Waals surface area contributed by atoms with Crippen LogP contribution in [0.2, 0.25) is 0 Å². The van der Waals surface area contributed by atoms with Gasteiger partial charge in [-0.2, -0.15) is 0 Å². The normalized spacial score (nSPS) is 10.5. The fraction of sp³-hybridized carbons (Fsp3) is 0.0625. The van der Waals surface area contributed by atoms with Gasteiger partial charge < -0.3 is 9.52 Å². The van der Waals surface area contributed by atoms with Gasteiger partial charge in [0.05, 0.1) is 5.56 Å². The van der Waals surface area contributed by atoms with Crippen LogP contribution in [0.25, 0.3) is 22.9 Å². The predicted octanol–water partition coefficient (Wildman–Crippen LogP) is 3.41. The molecule has 0 radical (unpaired) electrons. The Morgan fingerprint density at radius 3 is 2.24 bits per heavy atom. The van der Waals surface area contributed by atoms with Gasteiger partial charge in [-0.3, -0.25) is 0 Å². The van der Waals surface area contributed by atoms with Crippen molar-refractivity contribution in [3.05, 3.63) is 59.7 Å². The SMILES string of the molecule is Cc1cccc(-c2nnc(-c3cccc(C(=O)O)c3)o2)c1. The van der Waals surface area contributed by atoms with Crippen LogP contribution in [0.15, 0.2) is 52.9 Å². The molecule has 0 aliphatic heterocycles.